The number of sulfonamides is 1. The third-order valence-electron chi connectivity index (χ3n) is 3.88. The highest BCUT2D eigenvalue weighted by Crippen LogP contribution is 2.21. The van der Waals surface area contributed by atoms with Crippen LogP contribution in [-0.2, 0) is 14.8 Å². The van der Waals surface area contributed by atoms with Crippen molar-refractivity contribution >= 4 is 27.5 Å². The molecule has 7 nitrogen and oxygen atoms in total. The lowest BCUT2D eigenvalue weighted by atomic mass is 10.1. The Labute approximate surface area is 170 Å². The predicted molar refractivity (Wildman–Crippen MR) is 113 cm³/mol. The number of nitrogens with one attached hydrogen (secondary N) is 3. The van der Waals surface area contributed by atoms with E-state index >= 15 is 0 Å². The van der Waals surface area contributed by atoms with Crippen LogP contribution in [0, 0.1) is 13.8 Å². The van der Waals surface area contributed by atoms with E-state index in [2.05, 4.69) is 15.6 Å². The maximum atomic E-state index is 12.7. The van der Waals surface area contributed by atoms with Crippen molar-refractivity contribution in [1.29, 1.82) is 0 Å². The third-order valence-corrected chi connectivity index (χ3v) is 5.25. The third kappa shape index (κ3) is 6.32. The molecule has 0 aliphatic carbocycles. The van der Waals surface area contributed by atoms with Crippen molar-refractivity contribution in [3.63, 3.8) is 0 Å². The zero-order valence-electron chi connectivity index (χ0n) is 16.4. The second-order valence-corrected chi connectivity index (χ2v) is 7.96. The minimum atomic E-state index is -3.89. The van der Waals surface area contributed by atoms with Crippen molar-refractivity contribution in [3.8, 4) is 0 Å². The van der Waals surface area contributed by atoms with Crippen molar-refractivity contribution in [2.75, 3.05) is 4.72 Å². The Kier molecular flexibility index (Phi) is 7.33. The van der Waals surface area contributed by atoms with Crippen molar-refractivity contribution in [1.82, 2.24) is 10.9 Å². The van der Waals surface area contributed by atoms with Crippen LogP contribution in [0.2, 0.25) is 0 Å². The van der Waals surface area contributed by atoms with Gasteiger partial charge < -0.3 is 0 Å². The molecule has 0 unspecified atom stereocenters. The topological polar surface area (TPSA) is 104 Å². The Hall–Kier alpha value is -3.39. The van der Waals surface area contributed by atoms with E-state index in [0.717, 1.165) is 11.1 Å². The van der Waals surface area contributed by atoms with Gasteiger partial charge in [-0.2, -0.15) is 0 Å². The summed E-state index contributed by atoms with van der Waals surface area (Å²) < 4.78 is 27.9. The summed E-state index contributed by atoms with van der Waals surface area (Å²) in [6.07, 6.45) is 6.18. The number of hydrogen-bond donors (Lipinski definition) is 3. The summed E-state index contributed by atoms with van der Waals surface area (Å²) >= 11 is 0. The second-order valence-electron chi connectivity index (χ2n) is 6.28. The van der Waals surface area contributed by atoms with Gasteiger partial charge in [0.05, 0.1) is 10.6 Å². The fraction of sp³-hybridized carbons (Fsp3) is 0.143. The van der Waals surface area contributed by atoms with Crippen LogP contribution in [0.15, 0.2) is 71.7 Å². The van der Waals surface area contributed by atoms with Crippen molar-refractivity contribution in [3.05, 3.63) is 83.5 Å². The molecule has 0 aliphatic heterocycles. The Bertz CT molecular complexity index is 1070. The van der Waals surface area contributed by atoms with Crippen LogP contribution in [0.5, 0.6) is 0 Å². The van der Waals surface area contributed by atoms with Crippen molar-refractivity contribution in [2.24, 2.45) is 0 Å². The Morgan fingerprint density at radius 2 is 1.72 bits per heavy atom. The number of hydrazine groups is 1. The molecule has 0 fully saturated rings. The van der Waals surface area contributed by atoms with E-state index in [-0.39, 0.29) is 10.5 Å². The number of carbonyl (C=O) groups excluding carboxylic acids is 2. The molecular weight excluding hydrogens is 390 g/mol. The van der Waals surface area contributed by atoms with Gasteiger partial charge in [0.15, 0.2) is 0 Å². The molecule has 0 atom stereocenters. The van der Waals surface area contributed by atoms with E-state index in [0.29, 0.717) is 5.69 Å². The fourth-order valence-corrected chi connectivity index (χ4v) is 3.60. The van der Waals surface area contributed by atoms with E-state index < -0.39 is 21.8 Å². The van der Waals surface area contributed by atoms with Gasteiger partial charge >= 0.3 is 0 Å². The zero-order chi connectivity index (χ0) is 21.4. The monoisotopic (exact) mass is 413 g/mol. The Morgan fingerprint density at radius 3 is 2.41 bits per heavy atom. The van der Waals surface area contributed by atoms with Gasteiger partial charge in [0.1, 0.15) is 0 Å². The Morgan fingerprint density at radius 1 is 0.966 bits per heavy atom. The zero-order valence-corrected chi connectivity index (χ0v) is 17.2. The molecule has 2 amide bonds. The van der Waals surface area contributed by atoms with E-state index in [1.54, 1.807) is 25.1 Å². The summed E-state index contributed by atoms with van der Waals surface area (Å²) in [5, 5.41) is 0. The van der Waals surface area contributed by atoms with Gasteiger partial charge in [0.25, 0.3) is 21.8 Å². The van der Waals surface area contributed by atoms with Crippen LogP contribution in [0.25, 0.3) is 0 Å². The van der Waals surface area contributed by atoms with Crippen molar-refractivity contribution in [2.45, 2.75) is 25.7 Å². The maximum Gasteiger partial charge on any atom is 0.269 e. The van der Waals surface area contributed by atoms with Crippen molar-refractivity contribution < 1.29 is 18.0 Å². The summed E-state index contributed by atoms with van der Waals surface area (Å²) in [5.41, 5.74) is 6.83. The lowest BCUT2D eigenvalue weighted by Gasteiger charge is -2.12. The standard InChI is InChI=1S/C21H23N3O4S/c1-4-5-6-10-20(25)22-23-21(26)17-8-7-9-18(14-17)29(27,28)24-19-12-11-15(2)13-16(19)3/h4-14,24H,1-3H3,(H,22,25)(H,23,26). The number of amides is 2. The molecule has 0 bridgehead atoms. The molecular formula is C21H23N3O4S. The molecule has 0 saturated carbocycles. The first-order valence-electron chi connectivity index (χ1n) is 8.83. The number of benzene rings is 2. The summed E-state index contributed by atoms with van der Waals surface area (Å²) in [6, 6.07) is 10.9. The molecule has 3 N–H and O–H groups in total. The van der Waals surface area contributed by atoms with Crippen LogP contribution in [0.3, 0.4) is 0 Å². The number of anilines is 1. The normalized spacial score (nSPS) is 11.6. The number of carbonyl (C=O) groups is 2. The van der Waals surface area contributed by atoms with Crippen LogP contribution >= 0.6 is 0 Å². The Balaban J connectivity index is 2.13. The van der Waals surface area contributed by atoms with Crippen LogP contribution in [-0.4, -0.2) is 20.2 Å². The molecule has 2 aromatic rings. The smallest absolute Gasteiger partial charge is 0.269 e. The minimum absolute atomic E-state index is 0.0653. The summed E-state index contributed by atoms with van der Waals surface area (Å²) in [7, 11) is -3.89. The number of allylic oxidation sites excluding steroid dienone is 3. The number of hydrogen-bond acceptors (Lipinski definition) is 4. The average Bonchev–Trinajstić information content (AvgIpc) is 2.68. The van der Waals surface area contributed by atoms with Gasteiger partial charge in [0, 0.05) is 11.6 Å². The molecule has 152 valence electrons. The largest absolute Gasteiger partial charge is 0.279 e. The molecule has 2 aromatic carbocycles. The van der Waals surface area contributed by atoms with E-state index in [9.17, 15) is 18.0 Å². The first-order valence-corrected chi connectivity index (χ1v) is 10.3. The second kappa shape index (κ2) is 9.70. The van der Waals surface area contributed by atoms with Gasteiger partial charge in [-0.25, -0.2) is 8.42 Å². The van der Waals surface area contributed by atoms with E-state index in [1.807, 2.05) is 26.0 Å². The van der Waals surface area contributed by atoms with Crippen LogP contribution in [0.1, 0.15) is 28.4 Å². The molecule has 0 aromatic heterocycles. The number of aryl methyl sites for hydroxylation is 2. The van der Waals surface area contributed by atoms with E-state index in [1.165, 1.54) is 36.4 Å². The highest BCUT2D eigenvalue weighted by atomic mass is 32.2. The lowest BCUT2D eigenvalue weighted by molar-refractivity contribution is -0.117. The summed E-state index contributed by atoms with van der Waals surface area (Å²) in [4.78, 5) is 23.8. The molecule has 2 rings (SSSR count). The molecule has 8 heteroatoms. The number of rotatable bonds is 6. The first-order chi connectivity index (χ1) is 13.7. The van der Waals surface area contributed by atoms with E-state index in [4.69, 9.17) is 0 Å². The highest BCUT2D eigenvalue weighted by molar-refractivity contribution is 7.92. The minimum Gasteiger partial charge on any atom is -0.279 e. The summed E-state index contributed by atoms with van der Waals surface area (Å²) in [6.45, 7) is 5.53. The SMILES string of the molecule is CC=CC=CC(=O)NNC(=O)c1cccc(S(=O)(=O)Nc2ccc(C)cc2C)c1. The predicted octanol–water partition coefficient (Wildman–Crippen LogP) is 3.00. The van der Waals surface area contributed by atoms with Gasteiger partial charge in [-0.15, -0.1) is 0 Å². The van der Waals surface area contributed by atoms with Crippen LogP contribution < -0.4 is 15.6 Å². The first kappa shape index (κ1) is 21.9. The molecule has 0 aliphatic rings. The lowest BCUT2D eigenvalue weighted by Crippen LogP contribution is -2.40. The molecule has 29 heavy (non-hydrogen) atoms. The molecule has 0 radical (unpaired) electrons. The average molecular weight is 413 g/mol. The maximum absolute atomic E-state index is 12.7. The fourth-order valence-electron chi connectivity index (χ4n) is 2.42. The quantitative estimate of drug-likeness (QED) is 0.385. The van der Waals surface area contributed by atoms with Gasteiger partial charge in [0.2, 0.25) is 0 Å². The highest BCUT2D eigenvalue weighted by Gasteiger charge is 2.17. The molecule has 0 saturated heterocycles. The van der Waals surface area contributed by atoms with Gasteiger partial charge in [-0.05, 0) is 50.6 Å². The molecule has 0 spiro atoms. The summed E-state index contributed by atoms with van der Waals surface area (Å²) in [5.74, 6) is -1.15. The molecule has 0 heterocycles. The van der Waals surface area contributed by atoms with Gasteiger partial charge in [-0.3, -0.25) is 25.2 Å². The van der Waals surface area contributed by atoms with Crippen LogP contribution in [0.4, 0.5) is 5.69 Å². The van der Waals surface area contributed by atoms with Gasteiger partial charge in [-0.1, -0.05) is 42.0 Å².